The van der Waals surface area contributed by atoms with Crippen LogP contribution in [0.25, 0.3) is 0 Å². The van der Waals surface area contributed by atoms with Crippen LogP contribution in [0.3, 0.4) is 0 Å². The fourth-order valence-electron chi connectivity index (χ4n) is 2.83. The van der Waals surface area contributed by atoms with Crippen molar-refractivity contribution in [2.45, 2.75) is 45.1 Å². The van der Waals surface area contributed by atoms with Gasteiger partial charge in [0.05, 0.1) is 0 Å². The van der Waals surface area contributed by atoms with Crippen LogP contribution in [0, 0.1) is 5.92 Å². The molecule has 1 N–H and O–H groups in total. The summed E-state index contributed by atoms with van der Waals surface area (Å²) < 4.78 is 1.23. The Balaban J connectivity index is 2.08. The van der Waals surface area contributed by atoms with Gasteiger partial charge in [-0.1, -0.05) is 13.8 Å². The number of hydrogen-bond acceptors (Lipinski definition) is 2. The van der Waals surface area contributed by atoms with Gasteiger partial charge in [-0.15, -0.1) is 11.3 Å². The minimum atomic E-state index is 0.373. The fourth-order valence-corrected chi connectivity index (χ4v) is 4.42. The maximum Gasteiger partial charge on any atom is 0.0285 e. The van der Waals surface area contributed by atoms with E-state index in [1.165, 1.54) is 41.6 Å². The first-order valence-corrected chi connectivity index (χ1v) is 7.75. The summed E-state index contributed by atoms with van der Waals surface area (Å²) in [5.41, 5.74) is 0.373. The molecule has 1 unspecified atom stereocenters. The third kappa shape index (κ3) is 3.08. The molecule has 0 aliphatic carbocycles. The van der Waals surface area contributed by atoms with Crippen LogP contribution in [-0.2, 0) is 6.42 Å². The van der Waals surface area contributed by atoms with E-state index in [-0.39, 0.29) is 0 Å². The van der Waals surface area contributed by atoms with Crippen LogP contribution in [-0.4, -0.2) is 12.1 Å². The molecule has 0 radical (unpaired) electrons. The molecule has 1 aromatic heterocycles. The summed E-state index contributed by atoms with van der Waals surface area (Å²) in [5, 5.41) is 5.94. The van der Waals surface area contributed by atoms with E-state index in [0.717, 1.165) is 5.92 Å². The van der Waals surface area contributed by atoms with Crippen LogP contribution in [0.15, 0.2) is 15.9 Å². The van der Waals surface area contributed by atoms with Crippen molar-refractivity contribution < 1.29 is 0 Å². The molecular weight excluding hydrogens is 282 g/mol. The Morgan fingerprint density at radius 2 is 2.38 bits per heavy atom. The Morgan fingerprint density at radius 1 is 1.56 bits per heavy atom. The summed E-state index contributed by atoms with van der Waals surface area (Å²) in [5.74, 6) is 0.772. The molecule has 1 nitrogen and oxygen atoms in total. The zero-order valence-electron chi connectivity index (χ0n) is 10.1. The van der Waals surface area contributed by atoms with Gasteiger partial charge < -0.3 is 5.32 Å². The van der Waals surface area contributed by atoms with Gasteiger partial charge in [0.25, 0.3) is 0 Å². The molecule has 0 saturated carbocycles. The second-order valence-electron chi connectivity index (χ2n) is 5.32. The highest BCUT2D eigenvalue weighted by atomic mass is 79.9. The average Bonchev–Trinajstić information content (AvgIpc) is 2.76. The van der Waals surface area contributed by atoms with Gasteiger partial charge in [-0.25, -0.2) is 0 Å². The van der Waals surface area contributed by atoms with Crippen LogP contribution in [0.1, 0.15) is 38.0 Å². The highest BCUT2D eigenvalue weighted by molar-refractivity contribution is 9.10. The molecule has 1 saturated heterocycles. The molecule has 0 amide bonds. The molecule has 0 spiro atoms. The van der Waals surface area contributed by atoms with Crippen molar-refractivity contribution in [1.29, 1.82) is 0 Å². The summed E-state index contributed by atoms with van der Waals surface area (Å²) in [6, 6.07) is 2.27. The molecular formula is C13H20BrNS. The lowest BCUT2D eigenvalue weighted by Gasteiger charge is -2.31. The molecule has 3 heteroatoms. The van der Waals surface area contributed by atoms with Crippen molar-refractivity contribution in [2.24, 2.45) is 5.92 Å². The smallest absolute Gasteiger partial charge is 0.0285 e. The monoisotopic (exact) mass is 301 g/mol. The van der Waals surface area contributed by atoms with Crippen molar-refractivity contribution >= 4 is 27.3 Å². The van der Waals surface area contributed by atoms with E-state index < -0.39 is 0 Å². The Bertz CT molecular complexity index is 339. The quantitative estimate of drug-likeness (QED) is 0.878. The molecule has 0 aromatic carbocycles. The van der Waals surface area contributed by atoms with Crippen LogP contribution >= 0.6 is 27.3 Å². The molecule has 1 atom stereocenters. The first-order valence-electron chi connectivity index (χ1n) is 6.08. The Hall–Kier alpha value is 0.140. The number of rotatable bonds is 4. The summed E-state index contributed by atoms with van der Waals surface area (Å²) in [6.45, 7) is 5.84. The van der Waals surface area contributed by atoms with Gasteiger partial charge in [0, 0.05) is 26.7 Å². The average molecular weight is 302 g/mol. The van der Waals surface area contributed by atoms with Crippen LogP contribution in [0.4, 0.5) is 0 Å². The van der Waals surface area contributed by atoms with Gasteiger partial charge in [0.15, 0.2) is 0 Å². The van der Waals surface area contributed by atoms with Gasteiger partial charge >= 0.3 is 0 Å². The van der Waals surface area contributed by atoms with Crippen molar-refractivity contribution in [3.05, 3.63) is 20.8 Å². The number of thiophene rings is 1. The van der Waals surface area contributed by atoms with Crippen LogP contribution in [0.5, 0.6) is 0 Å². The maximum absolute atomic E-state index is 3.75. The minimum absolute atomic E-state index is 0.373. The van der Waals surface area contributed by atoms with E-state index >= 15 is 0 Å². The van der Waals surface area contributed by atoms with Crippen LogP contribution in [0.2, 0.25) is 0 Å². The normalized spacial score (nSPS) is 25.5. The number of hydrogen-bond donors (Lipinski definition) is 1. The predicted molar refractivity (Wildman–Crippen MR) is 75.1 cm³/mol. The lowest BCUT2D eigenvalue weighted by atomic mass is 9.84. The summed E-state index contributed by atoms with van der Waals surface area (Å²) >= 11 is 5.42. The molecule has 16 heavy (non-hydrogen) atoms. The zero-order valence-corrected chi connectivity index (χ0v) is 12.5. The van der Waals surface area contributed by atoms with E-state index in [2.05, 4.69) is 46.5 Å². The minimum Gasteiger partial charge on any atom is -0.311 e. The van der Waals surface area contributed by atoms with Gasteiger partial charge in [-0.3, -0.25) is 0 Å². The molecule has 90 valence electrons. The molecule has 1 aromatic rings. The first-order chi connectivity index (χ1) is 7.60. The molecule has 1 fully saturated rings. The number of nitrogens with one attached hydrogen (secondary N) is 1. The third-order valence-corrected chi connectivity index (χ3v) is 4.96. The van der Waals surface area contributed by atoms with Gasteiger partial charge in [-0.05, 0) is 53.7 Å². The zero-order chi connectivity index (χ0) is 11.6. The molecule has 1 aliphatic heterocycles. The molecule has 2 rings (SSSR count). The first kappa shape index (κ1) is 12.6. The van der Waals surface area contributed by atoms with Crippen LogP contribution < -0.4 is 5.32 Å². The number of halogens is 1. The highest BCUT2D eigenvalue weighted by Gasteiger charge is 2.34. The maximum atomic E-state index is 3.75. The summed E-state index contributed by atoms with van der Waals surface area (Å²) in [7, 11) is 0. The van der Waals surface area contributed by atoms with Crippen molar-refractivity contribution in [3.8, 4) is 0 Å². The van der Waals surface area contributed by atoms with Gasteiger partial charge in [0.2, 0.25) is 0 Å². The summed E-state index contributed by atoms with van der Waals surface area (Å²) in [6.07, 6.45) is 5.16. The second kappa shape index (κ2) is 5.19. The predicted octanol–water partition coefficient (Wildman–Crippen LogP) is 4.22. The largest absolute Gasteiger partial charge is 0.311 e. The van der Waals surface area contributed by atoms with Crippen molar-refractivity contribution in [2.75, 3.05) is 6.54 Å². The third-order valence-electron chi connectivity index (χ3n) is 3.27. The summed E-state index contributed by atoms with van der Waals surface area (Å²) in [4.78, 5) is 1.50. The SMILES string of the molecule is CC(C)CC1(Cc2cc(Br)cs2)CCCN1. The van der Waals surface area contributed by atoms with Crippen molar-refractivity contribution in [3.63, 3.8) is 0 Å². The molecule has 1 aliphatic rings. The standard InChI is InChI=1S/C13H20BrNS/c1-10(2)7-13(4-3-5-15-13)8-12-6-11(14)9-16-12/h6,9-10,15H,3-5,7-8H2,1-2H3. The van der Waals surface area contributed by atoms with E-state index in [1.54, 1.807) is 0 Å². The Labute approximate surface area is 111 Å². The van der Waals surface area contributed by atoms with Crippen molar-refractivity contribution in [1.82, 2.24) is 5.32 Å². The van der Waals surface area contributed by atoms with Gasteiger partial charge in [-0.2, -0.15) is 0 Å². The van der Waals surface area contributed by atoms with E-state index in [4.69, 9.17) is 0 Å². The molecule has 2 heterocycles. The lowest BCUT2D eigenvalue weighted by Crippen LogP contribution is -2.42. The highest BCUT2D eigenvalue weighted by Crippen LogP contribution is 2.33. The Morgan fingerprint density at radius 3 is 2.88 bits per heavy atom. The topological polar surface area (TPSA) is 12.0 Å². The second-order valence-corrected chi connectivity index (χ2v) is 7.23. The van der Waals surface area contributed by atoms with Gasteiger partial charge in [0.1, 0.15) is 0 Å². The molecule has 0 bridgehead atoms. The van der Waals surface area contributed by atoms with E-state index in [1.807, 2.05) is 11.3 Å². The van der Waals surface area contributed by atoms with E-state index in [0.29, 0.717) is 5.54 Å². The van der Waals surface area contributed by atoms with E-state index in [9.17, 15) is 0 Å². The fraction of sp³-hybridized carbons (Fsp3) is 0.692. The Kier molecular flexibility index (Phi) is 4.09. The lowest BCUT2D eigenvalue weighted by molar-refractivity contribution is 0.303.